The molecule has 2 rings (SSSR count). The minimum absolute atomic E-state index is 0.0914. The summed E-state index contributed by atoms with van der Waals surface area (Å²) < 4.78 is 0. The molecule has 17 heavy (non-hydrogen) atoms. The molecule has 1 heterocycles. The molecule has 3 N–H and O–H groups in total. The van der Waals surface area contributed by atoms with Crippen LogP contribution in [0.4, 0.5) is 0 Å². The number of aromatic nitrogens is 1. The van der Waals surface area contributed by atoms with Gasteiger partial charge in [-0.05, 0) is 18.8 Å². The van der Waals surface area contributed by atoms with E-state index < -0.39 is 0 Å². The lowest BCUT2D eigenvalue weighted by Gasteiger charge is -2.13. The van der Waals surface area contributed by atoms with Crippen LogP contribution < -0.4 is 5.32 Å². The number of rotatable bonds is 4. The second kappa shape index (κ2) is 4.27. The fourth-order valence-electron chi connectivity index (χ4n) is 2.06. The van der Waals surface area contributed by atoms with E-state index in [0.717, 1.165) is 12.0 Å². The molecular formula is C13H20N2O2. The first kappa shape index (κ1) is 12.3. The van der Waals surface area contributed by atoms with Crippen molar-refractivity contribution in [3.05, 3.63) is 23.0 Å². The van der Waals surface area contributed by atoms with Crippen molar-refractivity contribution in [2.75, 3.05) is 0 Å². The van der Waals surface area contributed by atoms with Crippen LogP contribution in [-0.4, -0.2) is 21.2 Å². The summed E-state index contributed by atoms with van der Waals surface area (Å²) in [4.78, 5) is 4.04. The average Bonchev–Trinajstić information content (AvgIpc) is 2.88. The molecule has 0 aromatic carbocycles. The molecule has 1 atom stereocenters. The number of aliphatic hydroxyl groups is 1. The van der Waals surface area contributed by atoms with E-state index in [-0.39, 0.29) is 12.4 Å². The number of hydrogen-bond acceptors (Lipinski definition) is 4. The average molecular weight is 236 g/mol. The molecule has 0 amide bonds. The number of nitrogens with zero attached hydrogens (tertiary/aromatic N) is 1. The lowest BCUT2D eigenvalue weighted by atomic mass is 10.1. The number of aromatic hydroxyl groups is 1. The van der Waals surface area contributed by atoms with Crippen LogP contribution in [0.25, 0.3) is 0 Å². The third kappa shape index (κ3) is 2.42. The maximum atomic E-state index is 9.96. The van der Waals surface area contributed by atoms with Crippen molar-refractivity contribution in [3.8, 4) is 5.75 Å². The van der Waals surface area contributed by atoms with E-state index in [0.29, 0.717) is 29.3 Å². The molecule has 1 fully saturated rings. The lowest BCUT2D eigenvalue weighted by Crippen LogP contribution is -2.21. The van der Waals surface area contributed by atoms with Gasteiger partial charge < -0.3 is 15.5 Å². The maximum absolute atomic E-state index is 9.96. The minimum Gasteiger partial charge on any atom is -0.506 e. The van der Waals surface area contributed by atoms with Crippen molar-refractivity contribution in [3.63, 3.8) is 0 Å². The monoisotopic (exact) mass is 236 g/mol. The normalized spacial score (nSPS) is 21.5. The molecule has 1 aromatic rings. The van der Waals surface area contributed by atoms with Crippen molar-refractivity contribution in [1.29, 1.82) is 0 Å². The summed E-state index contributed by atoms with van der Waals surface area (Å²) in [6, 6.07) is 0.502. The highest BCUT2D eigenvalue weighted by atomic mass is 16.3. The smallest absolute Gasteiger partial charge is 0.141 e. The van der Waals surface area contributed by atoms with E-state index in [9.17, 15) is 10.2 Å². The number of hydrogen-bond donors (Lipinski definition) is 3. The molecule has 0 saturated heterocycles. The van der Waals surface area contributed by atoms with E-state index in [1.807, 2.05) is 0 Å². The number of nitrogens with one attached hydrogen (secondary N) is 1. The minimum atomic E-state index is -0.0914. The fourth-order valence-corrected chi connectivity index (χ4v) is 2.06. The third-order valence-electron chi connectivity index (χ3n) is 3.64. The Morgan fingerprint density at radius 1 is 1.53 bits per heavy atom. The Hall–Kier alpha value is -1.13. The Labute approximate surface area is 102 Å². The SMILES string of the molecule is Cc1ncc(CO)c(CNC2CC2(C)C)c1O. The molecule has 1 unspecified atom stereocenters. The van der Waals surface area contributed by atoms with Crippen LogP contribution in [0.2, 0.25) is 0 Å². The van der Waals surface area contributed by atoms with Gasteiger partial charge in [-0.25, -0.2) is 0 Å². The molecule has 1 aliphatic carbocycles. The van der Waals surface area contributed by atoms with Gasteiger partial charge in [-0.1, -0.05) is 13.8 Å². The second-order valence-electron chi connectivity index (χ2n) is 5.48. The Morgan fingerprint density at radius 3 is 2.71 bits per heavy atom. The summed E-state index contributed by atoms with van der Waals surface area (Å²) >= 11 is 0. The summed E-state index contributed by atoms with van der Waals surface area (Å²) in [6.07, 6.45) is 2.79. The molecule has 1 aromatic heterocycles. The van der Waals surface area contributed by atoms with Crippen molar-refractivity contribution >= 4 is 0 Å². The first-order valence-electron chi connectivity index (χ1n) is 5.96. The van der Waals surface area contributed by atoms with Crippen LogP contribution in [0.1, 0.15) is 37.1 Å². The molecule has 1 saturated carbocycles. The van der Waals surface area contributed by atoms with Crippen LogP contribution in [-0.2, 0) is 13.2 Å². The number of aliphatic hydroxyl groups excluding tert-OH is 1. The zero-order chi connectivity index (χ0) is 12.6. The van der Waals surface area contributed by atoms with Crippen LogP contribution in [0.5, 0.6) is 5.75 Å². The Bertz CT molecular complexity index is 430. The van der Waals surface area contributed by atoms with E-state index in [1.54, 1.807) is 13.1 Å². The Balaban J connectivity index is 2.11. The standard InChI is InChI=1S/C13H20N2O2/c1-8-12(17)10(9(7-16)5-14-8)6-15-11-4-13(11,2)3/h5,11,15-17H,4,6-7H2,1-3H3. The van der Waals surface area contributed by atoms with E-state index >= 15 is 0 Å². The van der Waals surface area contributed by atoms with Gasteiger partial charge in [0, 0.05) is 29.9 Å². The predicted octanol–water partition coefficient (Wildman–Crippen LogP) is 1.48. The van der Waals surface area contributed by atoms with Gasteiger partial charge in [0.2, 0.25) is 0 Å². The summed E-state index contributed by atoms with van der Waals surface area (Å²) in [7, 11) is 0. The molecule has 1 aliphatic rings. The number of pyridine rings is 1. The van der Waals surface area contributed by atoms with Crippen LogP contribution >= 0.6 is 0 Å². The van der Waals surface area contributed by atoms with Crippen molar-refractivity contribution < 1.29 is 10.2 Å². The van der Waals surface area contributed by atoms with Gasteiger partial charge in [-0.3, -0.25) is 4.98 Å². The van der Waals surface area contributed by atoms with Gasteiger partial charge in [0.1, 0.15) is 5.75 Å². The highest BCUT2D eigenvalue weighted by Crippen LogP contribution is 2.44. The van der Waals surface area contributed by atoms with Gasteiger partial charge in [0.05, 0.1) is 12.3 Å². The molecule has 4 nitrogen and oxygen atoms in total. The van der Waals surface area contributed by atoms with Gasteiger partial charge in [-0.2, -0.15) is 0 Å². The topological polar surface area (TPSA) is 65.4 Å². The first-order valence-corrected chi connectivity index (χ1v) is 5.96. The van der Waals surface area contributed by atoms with Gasteiger partial charge in [0.15, 0.2) is 0 Å². The van der Waals surface area contributed by atoms with Crippen LogP contribution in [0.15, 0.2) is 6.20 Å². The molecule has 0 spiro atoms. The molecule has 0 aliphatic heterocycles. The summed E-state index contributed by atoms with van der Waals surface area (Å²) in [5.74, 6) is 0.197. The summed E-state index contributed by atoms with van der Waals surface area (Å²) in [6.45, 7) is 6.69. The van der Waals surface area contributed by atoms with Gasteiger partial charge >= 0.3 is 0 Å². The van der Waals surface area contributed by atoms with E-state index in [2.05, 4.69) is 24.1 Å². The fraction of sp³-hybridized carbons (Fsp3) is 0.615. The molecule has 0 radical (unpaired) electrons. The quantitative estimate of drug-likeness (QED) is 0.741. The van der Waals surface area contributed by atoms with Crippen LogP contribution in [0.3, 0.4) is 0 Å². The Kier molecular flexibility index (Phi) is 3.10. The van der Waals surface area contributed by atoms with Gasteiger partial charge in [-0.15, -0.1) is 0 Å². The van der Waals surface area contributed by atoms with Crippen molar-refractivity contribution in [2.24, 2.45) is 5.41 Å². The Morgan fingerprint density at radius 2 is 2.18 bits per heavy atom. The zero-order valence-corrected chi connectivity index (χ0v) is 10.6. The molecular weight excluding hydrogens is 216 g/mol. The predicted molar refractivity (Wildman–Crippen MR) is 65.6 cm³/mol. The third-order valence-corrected chi connectivity index (χ3v) is 3.64. The zero-order valence-electron chi connectivity index (χ0n) is 10.6. The van der Waals surface area contributed by atoms with Crippen LogP contribution in [0, 0.1) is 12.3 Å². The maximum Gasteiger partial charge on any atom is 0.141 e. The molecule has 94 valence electrons. The second-order valence-corrected chi connectivity index (χ2v) is 5.48. The molecule has 0 bridgehead atoms. The van der Waals surface area contributed by atoms with Crippen molar-refractivity contribution in [2.45, 2.75) is 46.4 Å². The lowest BCUT2D eigenvalue weighted by molar-refractivity contribution is 0.278. The number of aryl methyl sites for hydroxylation is 1. The van der Waals surface area contributed by atoms with Gasteiger partial charge in [0.25, 0.3) is 0 Å². The van der Waals surface area contributed by atoms with Crippen molar-refractivity contribution in [1.82, 2.24) is 10.3 Å². The highest BCUT2D eigenvalue weighted by Gasteiger charge is 2.45. The summed E-state index contributed by atoms with van der Waals surface area (Å²) in [5.41, 5.74) is 2.42. The summed E-state index contributed by atoms with van der Waals surface area (Å²) in [5, 5.41) is 22.6. The largest absolute Gasteiger partial charge is 0.506 e. The first-order chi connectivity index (χ1) is 7.95. The van der Waals surface area contributed by atoms with E-state index in [1.165, 1.54) is 0 Å². The van der Waals surface area contributed by atoms with E-state index in [4.69, 9.17) is 0 Å². The molecule has 4 heteroatoms. The highest BCUT2D eigenvalue weighted by molar-refractivity contribution is 5.40.